The van der Waals surface area contributed by atoms with Gasteiger partial charge in [-0.1, -0.05) is 25.4 Å². The quantitative estimate of drug-likeness (QED) is 0.512. The van der Waals surface area contributed by atoms with Crippen LogP contribution in [0.5, 0.6) is 11.5 Å². The molecule has 0 unspecified atom stereocenters. The van der Waals surface area contributed by atoms with Gasteiger partial charge in [-0.2, -0.15) is 5.10 Å². The van der Waals surface area contributed by atoms with Crippen LogP contribution in [0.25, 0.3) is 0 Å². The number of amides is 1. The normalized spacial score (nSPS) is 10.7. The maximum atomic E-state index is 12.1. The van der Waals surface area contributed by atoms with Crippen molar-refractivity contribution >= 4 is 23.7 Å². The van der Waals surface area contributed by atoms with Crippen LogP contribution >= 0.6 is 11.6 Å². The number of halogens is 1. The molecule has 138 valence electrons. The van der Waals surface area contributed by atoms with E-state index in [0.29, 0.717) is 29.5 Å². The lowest BCUT2D eigenvalue weighted by molar-refractivity contribution is 0.0955. The molecule has 1 N–H and O–H groups in total. The number of hydrogen-bond donors (Lipinski definition) is 1. The van der Waals surface area contributed by atoms with Crippen molar-refractivity contribution in [3.05, 3.63) is 58.6 Å². The van der Waals surface area contributed by atoms with E-state index in [-0.39, 0.29) is 5.91 Å². The van der Waals surface area contributed by atoms with Crippen LogP contribution in [0, 0.1) is 0 Å². The van der Waals surface area contributed by atoms with Crippen LogP contribution in [-0.2, 0) is 0 Å². The van der Waals surface area contributed by atoms with Crippen LogP contribution in [0.1, 0.15) is 42.6 Å². The van der Waals surface area contributed by atoms with E-state index >= 15 is 0 Å². The van der Waals surface area contributed by atoms with Crippen molar-refractivity contribution in [2.24, 2.45) is 5.10 Å². The molecule has 26 heavy (non-hydrogen) atoms. The van der Waals surface area contributed by atoms with E-state index in [2.05, 4.69) is 17.5 Å². The van der Waals surface area contributed by atoms with Crippen molar-refractivity contribution in [1.82, 2.24) is 5.43 Å². The highest BCUT2D eigenvalue weighted by molar-refractivity contribution is 6.30. The third-order valence-corrected chi connectivity index (χ3v) is 3.65. The number of hydrazone groups is 1. The van der Waals surface area contributed by atoms with E-state index < -0.39 is 0 Å². The molecule has 2 aromatic rings. The molecule has 2 aromatic carbocycles. The highest BCUT2D eigenvalue weighted by Crippen LogP contribution is 2.24. The van der Waals surface area contributed by atoms with Crippen LogP contribution in [0.2, 0.25) is 5.02 Å². The van der Waals surface area contributed by atoms with E-state index in [1.54, 1.807) is 30.5 Å². The minimum absolute atomic E-state index is 0.308. The molecule has 0 radical (unpaired) electrons. The van der Waals surface area contributed by atoms with Crippen molar-refractivity contribution in [2.75, 3.05) is 13.2 Å². The topological polar surface area (TPSA) is 59.9 Å². The average Bonchev–Trinajstić information content (AvgIpc) is 2.66. The molecule has 0 aromatic heterocycles. The SMILES string of the molecule is CCCOc1ccc(C=NNC(=O)c2ccc(Cl)cc2)c(OCCC)c1. The van der Waals surface area contributed by atoms with Gasteiger partial charge < -0.3 is 9.47 Å². The molecule has 2 rings (SSSR count). The van der Waals surface area contributed by atoms with E-state index in [9.17, 15) is 4.79 Å². The smallest absolute Gasteiger partial charge is 0.271 e. The van der Waals surface area contributed by atoms with Crippen LogP contribution in [0.3, 0.4) is 0 Å². The molecule has 0 atom stereocenters. The average molecular weight is 375 g/mol. The highest BCUT2D eigenvalue weighted by atomic mass is 35.5. The molecular formula is C20H23ClN2O3. The predicted octanol–water partition coefficient (Wildman–Crippen LogP) is 4.68. The fourth-order valence-corrected chi connectivity index (χ4v) is 2.22. The van der Waals surface area contributed by atoms with Crippen LogP contribution in [-0.4, -0.2) is 25.3 Å². The van der Waals surface area contributed by atoms with Crippen molar-refractivity contribution < 1.29 is 14.3 Å². The molecule has 0 aliphatic heterocycles. The van der Waals surface area contributed by atoms with Crippen molar-refractivity contribution in [3.8, 4) is 11.5 Å². The second-order valence-electron chi connectivity index (χ2n) is 5.60. The van der Waals surface area contributed by atoms with Gasteiger partial charge in [-0.15, -0.1) is 0 Å². The standard InChI is InChI=1S/C20H23ClN2O3/c1-3-11-25-18-10-7-16(19(13-18)26-12-4-2)14-22-23-20(24)15-5-8-17(21)9-6-15/h5-10,13-14H,3-4,11-12H2,1-2H3,(H,23,24). The highest BCUT2D eigenvalue weighted by Gasteiger charge is 2.06. The van der Waals surface area contributed by atoms with Gasteiger partial charge in [-0.3, -0.25) is 4.79 Å². The molecule has 1 amide bonds. The van der Waals surface area contributed by atoms with Gasteiger partial charge >= 0.3 is 0 Å². The summed E-state index contributed by atoms with van der Waals surface area (Å²) in [4.78, 5) is 12.1. The van der Waals surface area contributed by atoms with Gasteiger partial charge in [0.15, 0.2) is 0 Å². The van der Waals surface area contributed by atoms with E-state index in [0.717, 1.165) is 24.2 Å². The molecule has 0 spiro atoms. The molecule has 0 aliphatic rings. The second-order valence-corrected chi connectivity index (χ2v) is 6.04. The Hall–Kier alpha value is -2.53. The summed E-state index contributed by atoms with van der Waals surface area (Å²) in [6.07, 6.45) is 3.39. The van der Waals surface area contributed by atoms with Crippen molar-refractivity contribution in [2.45, 2.75) is 26.7 Å². The zero-order valence-corrected chi connectivity index (χ0v) is 15.8. The van der Waals surface area contributed by atoms with E-state index in [4.69, 9.17) is 21.1 Å². The molecule has 0 heterocycles. The van der Waals surface area contributed by atoms with Gasteiger partial charge in [0, 0.05) is 22.2 Å². The van der Waals surface area contributed by atoms with Gasteiger partial charge in [0.05, 0.1) is 19.4 Å². The summed E-state index contributed by atoms with van der Waals surface area (Å²) in [6.45, 7) is 5.34. The molecule has 6 heteroatoms. The lowest BCUT2D eigenvalue weighted by atomic mass is 10.2. The summed E-state index contributed by atoms with van der Waals surface area (Å²) in [5, 5.41) is 4.60. The second kappa shape index (κ2) is 10.5. The first-order valence-electron chi connectivity index (χ1n) is 8.62. The zero-order valence-electron chi connectivity index (χ0n) is 15.0. The molecule has 0 saturated heterocycles. The number of nitrogens with zero attached hydrogens (tertiary/aromatic N) is 1. The zero-order chi connectivity index (χ0) is 18.8. The number of ether oxygens (including phenoxy) is 2. The third kappa shape index (κ3) is 6.08. The lowest BCUT2D eigenvalue weighted by Gasteiger charge is -2.11. The maximum Gasteiger partial charge on any atom is 0.271 e. The summed E-state index contributed by atoms with van der Waals surface area (Å²) in [6, 6.07) is 12.2. The number of carbonyl (C=O) groups is 1. The van der Waals surface area contributed by atoms with Crippen molar-refractivity contribution in [3.63, 3.8) is 0 Å². The lowest BCUT2D eigenvalue weighted by Crippen LogP contribution is -2.17. The molecule has 5 nitrogen and oxygen atoms in total. The Morgan fingerprint density at radius 1 is 1.08 bits per heavy atom. The van der Waals surface area contributed by atoms with Crippen LogP contribution in [0.4, 0.5) is 0 Å². The van der Waals surface area contributed by atoms with Gasteiger partial charge in [0.1, 0.15) is 11.5 Å². The van der Waals surface area contributed by atoms with Gasteiger partial charge in [-0.05, 0) is 49.2 Å². The maximum absolute atomic E-state index is 12.1. The van der Waals surface area contributed by atoms with Crippen molar-refractivity contribution in [1.29, 1.82) is 0 Å². The van der Waals surface area contributed by atoms with Crippen LogP contribution in [0.15, 0.2) is 47.6 Å². The number of rotatable bonds is 9. The van der Waals surface area contributed by atoms with Crippen LogP contribution < -0.4 is 14.9 Å². The Morgan fingerprint density at radius 3 is 2.46 bits per heavy atom. The summed E-state index contributed by atoms with van der Waals surface area (Å²) in [7, 11) is 0. The Labute approximate surface area is 159 Å². The van der Waals surface area contributed by atoms with E-state index in [1.165, 1.54) is 0 Å². The number of benzene rings is 2. The molecule has 0 aliphatic carbocycles. The minimum Gasteiger partial charge on any atom is -0.493 e. The Kier molecular flexibility index (Phi) is 7.96. The Balaban J connectivity index is 2.06. The third-order valence-electron chi connectivity index (χ3n) is 3.40. The largest absolute Gasteiger partial charge is 0.493 e. The monoisotopic (exact) mass is 374 g/mol. The first-order valence-corrected chi connectivity index (χ1v) is 9.00. The molecule has 0 fully saturated rings. The predicted molar refractivity (Wildman–Crippen MR) is 105 cm³/mol. The first-order chi connectivity index (χ1) is 12.6. The number of nitrogens with one attached hydrogen (secondary N) is 1. The van der Waals surface area contributed by atoms with Gasteiger partial charge in [-0.25, -0.2) is 5.43 Å². The molecular weight excluding hydrogens is 352 g/mol. The Morgan fingerprint density at radius 2 is 1.77 bits per heavy atom. The molecule has 0 bridgehead atoms. The fraction of sp³-hybridized carbons (Fsp3) is 0.300. The van der Waals surface area contributed by atoms with Gasteiger partial charge in [0.2, 0.25) is 0 Å². The molecule has 0 saturated carbocycles. The Bertz CT molecular complexity index is 745. The van der Waals surface area contributed by atoms with Gasteiger partial charge in [0.25, 0.3) is 5.91 Å². The number of carbonyl (C=O) groups excluding carboxylic acids is 1. The fourth-order valence-electron chi connectivity index (χ4n) is 2.09. The number of hydrogen-bond acceptors (Lipinski definition) is 4. The van der Waals surface area contributed by atoms with E-state index in [1.807, 2.05) is 25.1 Å². The first kappa shape index (κ1) is 19.8. The summed E-state index contributed by atoms with van der Waals surface area (Å²) >= 11 is 5.82. The minimum atomic E-state index is -0.308. The summed E-state index contributed by atoms with van der Waals surface area (Å²) < 4.78 is 11.4. The summed E-state index contributed by atoms with van der Waals surface area (Å²) in [5.41, 5.74) is 3.75. The summed E-state index contributed by atoms with van der Waals surface area (Å²) in [5.74, 6) is 1.11.